The van der Waals surface area contributed by atoms with Gasteiger partial charge in [0, 0.05) is 30.7 Å². The molecule has 1 aliphatic heterocycles. The van der Waals surface area contributed by atoms with Gasteiger partial charge in [-0.2, -0.15) is 0 Å². The van der Waals surface area contributed by atoms with Crippen LogP contribution in [0.5, 0.6) is 5.75 Å². The van der Waals surface area contributed by atoms with E-state index in [1.54, 1.807) is 48.0 Å². The number of hydrogen-bond acceptors (Lipinski definition) is 6. The highest BCUT2D eigenvalue weighted by Gasteiger charge is 2.42. The van der Waals surface area contributed by atoms with Crippen LogP contribution in [0.25, 0.3) is 0 Å². The van der Waals surface area contributed by atoms with E-state index >= 15 is 0 Å². The fraction of sp³-hybridized carbons (Fsp3) is 0.393. The molecule has 1 saturated heterocycles. The van der Waals surface area contributed by atoms with Gasteiger partial charge in [0.15, 0.2) is 0 Å². The molecule has 1 aliphatic rings. The van der Waals surface area contributed by atoms with Crippen LogP contribution in [-0.2, 0) is 27.3 Å². The highest BCUT2D eigenvalue weighted by atomic mass is 35.5. The van der Waals surface area contributed by atoms with Gasteiger partial charge in [0.1, 0.15) is 23.7 Å². The lowest BCUT2D eigenvalue weighted by atomic mass is 9.96. The molecule has 3 aromatic rings. The first-order valence-electron chi connectivity index (χ1n) is 12.2. The van der Waals surface area contributed by atoms with E-state index in [0.29, 0.717) is 41.9 Å². The number of amides is 2. The number of hydrogen-bond donors (Lipinski definition) is 0. The van der Waals surface area contributed by atoms with Crippen molar-refractivity contribution in [3.63, 3.8) is 0 Å². The van der Waals surface area contributed by atoms with Crippen LogP contribution in [0, 0.1) is 13.8 Å². The monoisotopic (exact) mass is 525 g/mol. The number of aryl methyl sites for hydroxylation is 2. The number of ether oxygens (including phenoxy) is 2. The van der Waals surface area contributed by atoms with Crippen molar-refractivity contribution in [2.24, 2.45) is 0 Å². The summed E-state index contributed by atoms with van der Waals surface area (Å²) in [7, 11) is 1.77. The lowest BCUT2D eigenvalue weighted by Gasteiger charge is -2.42. The normalized spacial score (nSPS) is 17.5. The molecule has 1 fully saturated rings. The van der Waals surface area contributed by atoms with E-state index in [4.69, 9.17) is 25.6 Å². The maximum Gasteiger partial charge on any atom is 0.227 e. The molecule has 0 radical (unpaired) electrons. The van der Waals surface area contributed by atoms with Crippen molar-refractivity contribution in [2.75, 3.05) is 33.4 Å². The Balaban J connectivity index is 1.50. The second-order valence-electron chi connectivity index (χ2n) is 9.48. The molecule has 8 nitrogen and oxygen atoms in total. The van der Waals surface area contributed by atoms with Gasteiger partial charge in [-0.1, -0.05) is 47.1 Å². The van der Waals surface area contributed by atoms with Gasteiger partial charge in [-0.3, -0.25) is 9.59 Å². The number of morpholine rings is 1. The molecule has 9 heteroatoms. The quantitative estimate of drug-likeness (QED) is 0.416. The minimum atomic E-state index is -1.01. The first-order chi connectivity index (χ1) is 17.7. The first-order valence-corrected chi connectivity index (χ1v) is 12.6. The number of rotatable bonds is 9. The summed E-state index contributed by atoms with van der Waals surface area (Å²) in [6.45, 7) is 5.16. The van der Waals surface area contributed by atoms with Crippen LogP contribution < -0.4 is 4.74 Å². The Morgan fingerprint density at radius 3 is 2.54 bits per heavy atom. The van der Waals surface area contributed by atoms with Gasteiger partial charge in [0.05, 0.1) is 31.7 Å². The van der Waals surface area contributed by atoms with Crippen LogP contribution in [0.3, 0.4) is 0 Å². The second-order valence-corrected chi connectivity index (χ2v) is 9.92. The number of carbonyl (C=O) groups is 2. The predicted molar refractivity (Wildman–Crippen MR) is 139 cm³/mol. The molecule has 0 N–H and O–H groups in total. The maximum absolute atomic E-state index is 13.3. The van der Waals surface area contributed by atoms with E-state index < -0.39 is 5.60 Å². The minimum Gasteiger partial charge on any atom is -0.490 e. The van der Waals surface area contributed by atoms with Gasteiger partial charge in [-0.25, -0.2) is 0 Å². The molecule has 196 valence electrons. The number of aromatic nitrogens is 1. The fourth-order valence-corrected chi connectivity index (χ4v) is 4.55. The van der Waals surface area contributed by atoms with Crippen molar-refractivity contribution < 1.29 is 23.6 Å². The van der Waals surface area contributed by atoms with E-state index in [2.05, 4.69) is 5.16 Å². The zero-order valence-electron chi connectivity index (χ0n) is 21.4. The zero-order valence-corrected chi connectivity index (χ0v) is 22.2. The first kappa shape index (κ1) is 26.7. The van der Waals surface area contributed by atoms with E-state index in [0.717, 1.165) is 11.1 Å². The average molecular weight is 526 g/mol. The highest BCUT2D eigenvalue weighted by Crippen LogP contribution is 2.27. The Labute approximate surface area is 222 Å². The second kappa shape index (κ2) is 11.8. The van der Waals surface area contributed by atoms with Crippen LogP contribution in [0.2, 0.25) is 5.02 Å². The predicted octanol–water partition coefficient (Wildman–Crippen LogP) is 4.21. The molecule has 37 heavy (non-hydrogen) atoms. The third kappa shape index (κ3) is 6.90. The van der Waals surface area contributed by atoms with Gasteiger partial charge in [-0.05, 0) is 43.7 Å². The van der Waals surface area contributed by atoms with Gasteiger partial charge in [0.25, 0.3) is 0 Å². The molecule has 0 unspecified atom stereocenters. The summed E-state index contributed by atoms with van der Waals surface area (Å²) in [5.41, 5.74) is 1.52. The third-order valence-corrected chi connectivity index (χ3v) is 6.84. The summed E-state index contributed by atoms with van der Waals surface area (Å²) in [5.74, 6) is 1.08. The zero-order chi connectivity index (χ0) is 26.4. The lowest BCUT2D eigenvalue weighted by molar-refractivity contribution is -0.165. The molecule has 1 atom stereocenters. The van der Waals surface area contributed by atoms with Gasteiger partial charge in [0.2, 0.25) is 11.8 Å². The number of benzene rings is 2. The molecule has 2 aromatic carbocycles. The van der Waals surface area contributed by atoms with Gasteiger partial charge < -0.3 is 23.8 Å². The molecule has 0 spiro atoms. The molecule has 0 aliphatic carbocycles. The Bertz CT molecular complexity index is 1190. The summed E-state index contributed by atoms with van der Waals surface area (Å²) >= 11 is 6.01. The Morgan fingerprint density at radius 2 is 1.86 bits per heavy atom. The van der Waals surface area contributed by atoms with Crippen LogP contribution in [0.15, 0.2) is 59.1 Å². The molecule has 0 bridgehead atoms. The smallest absolute Gasteiger partial charge is 0.227 e. The standard InChI is InChI=1S/C28H32ClN3O5/c1-20-25(21(2)37-30-20)15-26(33)32-13-14-36-28(18-32,19-35-24-11-9-23(29)10-12-24)16-27(34)31(3)17-22-7-5-4-6-8-22/h4-12H,13-19H2,1-3H3/t28-/m1/s1. The van der Waals surface area contributed by atoms with Crippen LogP contribution in [0.4, 0.5) is 0 Å². The summed E-state index contributed by atoms with van der Waals surface area (Å²) in [5, 5.41) is 4.56. The Hall–Kier alpha value is -3.36. The van der Waals surface area contributed by atoms with E-state index in [1.165, 1.54) is 0 Å². The number of halogens is 1. The highest BCUT2D eigenvalue weighted by molar-refractivity contribution is 6.30. The fourth-order valence-electron chi connectivity index (χ4n) is 4.42. The van der Waals surface area contributed by atoms with Crippen molar-refractivity contribution in [1.82, 2.24) is 15.0 Å². The van der Waals surface area contributed by atoms with Crippen LogP contribution in [-0.4, -0.2) is 65.7 Å². The largest absolute Gasteiger partial charge is 0.490 e. The molecule has 0 saturated carbocycles. The molecule has 4 rings (SSSR count). The topological polar surface area (TPSA) is 85.1 Å². The molecule has 2 amide bonds. The summed E-state index contributed by atoms with van der Waals surface area (Å²) < 4.78 is 17.5. The van der Waals surface area contributed by atoms with E-state index in [9.17, 15) is 9.59 Å². The lowest BCUT2D eigenvalue weighted by Crippen LogP contribution is -2.58. The van der Waals surface area contributed by atoms with Gasteiger partial charge >= 0.3 is 0 Å². The third-order valence-electron chi connectivity index (χ3n) is 6.59. The van der Waals surface area contributed by atoms with E-state index in [-0.39, 0.29) is 37.8 Å². The van der Waals surface area contributed by atoms with Crippen LogP contribution >= 0.6 is 11.6 Å². The summed E-state index contributed by atoms with van der Waals surface area (Å²) in [4.78, 5) is 30.0. The average Bonchev–Trinajstić information content (AvgIpc) is 3.21. The van der Waals surface area contributed by atoms with Crippen LogP contribution in [0.1, 0.15) is 29.0 Å². The maximum atomic E-state index is 13.3. The van der Waals surface area contributed by atoms with Crippen molar-refractivity contribution in [2.45, 2.75) is 38.8 Å². The summed E-state index contributed by atoms with van der Waals surface area (Å²) in [6, 6.07) is 16.8. The van der Waals surface area contributed by atoms with Crippen molar-refractivity contribution in [3.8, 4) is 5.75 Å². The Kier molecular flexibility index (Phi) is 8.51. The number of nitrogens with zero attached hydrogens (tertiary/aromatic N) is 3. The molecule has 1 aromatic heterocycles. The minimum absolute atomic E-state index is 0.0685. The number of carbonyl (C=O) groups excluding carboxylic acids is 2. The van der Waals surface area contributed by atoms with Crippen molar-refractivity contribution in [3.05, 3.63) is 82.2 Å². The van der Waals surface area contributed by atoms with Crippen molar-refractivity contribution >= 4 is 23.4 Å². The summed E-state index contributed by atoms with van der Waals surface area (Å²) in [6.07, 6.45) is 0.246. The molecule has 2 heterocycles. The molecular weight excluding hydrogens is 494 g/mol. The molecular formula is C28H32ClN3O5. The van der Waals surface area contributed by atoms with Crippen molar-refractivity contribution in [1.29, 1.82) is 0 Å². The van der Waals surface area contributed by atoms with E-state index in [1.807, 2.05) is 37.3 Å². The Morgan fingerprint density at radius 1 is 1.14 bits per heavy atom. The van der Waals surface area contributed by atoms with Gasteiger partial charge in [-0.15, -0.1) is 0 Å². The SMILES string of the molecule is Cc1noc(C)c1CC(=O)N1CCO[C@](COc2ccc(Cl)cc2)(CC(=O)N(C)Cc2ccccc2)C1.